The van der Waals surface area contributed by atoms with E-state index in [1.54, 1.807) is 0 Å². The predicted molar refractivity (Wildman–Crippen MR) is 256 cm³/mol. The normalized spacial score (nSPS) is 12.2. The summed E-state index contributed by atoms with van der Waals surface area (Å²) in [5.41, 5.74) is 0. The van der Waals surface area contributed by atoms with Crippen LogP contribution < -0.4 is 0 Å². The number of carbonyl (C=O) groups is 3. The summed E-state index contributed by atoms with van der Waals surface area (Å²) in [4.78, 5) is 37.9. The van der Waals surface area contributed by atoms with Crippen molar-refractivity contribution in [2.45, 2.75) is 277 Å². The molecule has 0 aliphatic carbocycles. The Morgan fingerprint density at radius 2 is 0.600 bits per heavy atom. The first kappa shape index (κ1) is 57.6. The Morgan fingerprint density at radius 3 is 0.967 bits per heavy atom. The zero-order chi connectivity index (χ0) is 43.7. The molecule has 0 amide bonds. The van der Waals surface area contributed by atoms with Crippen LogP contribution in [0, 0.1) is 0 Å². The molecule has 0 bridgehead atoms. The first-order chi connectivity index (χ1) is 29.5. The molecule has 0 aliphatic heterocycles. The van der Waals surface area contributed by atoms with E-state index in [1.165, 1.54) is 154 Å². The number of allylic oxidation sites excluding steroid dienone is 6. The quantitative estimate of drug-likeness (QED) is 0.0263. The molecule has 0 spiro atoms. The molecule has 0 aliphatic rings. The van der Waals surface area contributed by atoms with Crippen LogP contribution in [0.3, 0.4) is 0 Å². The summed E-state index contributed by atoms with van der Waals surface area (Å²) in [5.74, 6) is -0.876. The van der Waals surface area contributed by atoms with Crippen LogP contribution in [-0.2, 0) is 28.6 Å². The van der Waals surface area contributed by atoms with Gasteiger partial charge in [0.15, 0.2) is 6.10 Å². The van der Waals surface area contributed by atoms with Crippen LogP contribution in [0.15, 0.2) is 36.5 Å². The molecule has 6 heteroatoms. The molecule has 60 heavy (non-hydrogen) atoms. The van der Waals surface area contributed by atoms with Crippen molar-refractivity contribution in [3.05, 3.63) is 36.5 Å². The van der Waals surface area contributed by atoms with Gasteiger partial charge in [0.2, 0.25) is 0 Å². The SMILES string of the molecule is CCCCC/C=C\C/C=C\C/C=C\CCCCCCCCC(=O)OC[C@@H](COC(=O)CCCCCCCCCCCC)OC(=O)CCCCCCCCCCCCCCC. The van der Waals surface area contributed by atoms with Gasteiger partial charge in [-0.1, -0.05) is 231 Å². The van der Waals surface area contributed by atoms with Crippen LogP contribution in [0.25, 0.3) is 0 Å². The molecule has 350 valence electrons. The number of rotatable bonds is 47. The third-order valence-electron chi connectivity index (χ3n) is 11.4. The number of ether oxygens (including phenoxy) is 3. The molecule has 1 atom stereocenters. The van der Waals surface area contributed by atoms with Crippen LogP contribution >= 0.6 is 0 Å². The van der Waals surface area contributed by atoms with E-state index in [1.807, 2.05) is 0 Å². The van der Waals surface area contributed by atoms with E-state index in [0.717, 1.165) is 77.0 Å². The number of esters is 3. The van der Waals surface area contributed by atoms with Crippen LogP contribution in [0.2, 0.25) is 0 Å². The van der Waals surface area contributed by atoms with Gasteiger partial charge in [-0.2, -0.15) is 0 Å². The smallest absolute Gasteiger partial charge is 0.306 e. The highest BCUT2D eigenvalue weighted by atomic mass is 16.6. The minimum atomic E-state index is -0.771. The van der Waals surface area contributed by atoms with Crippen molar-refractivity contribution < 1.29 is 28.6 Å². The van der Waals surface area contributed by atoms with Crippen LogP contribution in [0.1, 0.15) is 271 Å². The fourth-order valence-corrected chi connectivity index (χ4v) is 7.45. The lowest BCUT2D eigenvalue weighted by molar-refractivity contribution is -0.167. The Balaban J connectivity index is 4.32. The van der Waals surface area contributed by atoms with E-state index in [9.17, 15) is 14.4 Å². The molecule has 0 heterocycles. The lowest BCUT2D eigenvalue weighted by Crippen LogP contribution is -2.30. The van der Waals surface area contributed by atoms with E-state index in [4.69, 9.17) is 14.2 Å². The molecule has 6 nitrogen and oxygen atoms in total. The average molecular weight is 843 g/mol. The van der Waals surface area contributed by atoms with Crippen molar-refractivity contribution in [1.29, 1.82) is 0 Å². The van der Waals surface area contributed by atoms with Gasteiger partial charge < -0.3 is 14.2 Å². The molecule has 0 saturated carbocycles. The van der Waals surface area contributed by atoms with Crippen molar-refractivity contribution in [3.8, 4) is 0 Å². The Kier molecular flexibility index (Phi) is 47.3. The lowest BCUT2D eigenvalue weighted by Gasteiger charge is -2.18. The Morgan fingerprint density at radius 1 is 0.333 bits per heavy atom. The first-order valence-corrected chi connectivity index (χ1v) is 26.0. The topological polar surface area (TPSA) is 78.9 Å². The molecular formula is C54H98O6. The molecule has 0 rings (SSSR count). The highest BCUT2D eigenvalue weighted by Gasteiger charge is 2.19. The van der Waals surface area contributed by atoms with Gasteiger partial charge >= 0.3 is 17.9 Å². The second-order valence-electron chi connectivity index (χ2n) is 17.4. The van der Waals surface area contributed by atoms with E-state index in [0.29, 0.717) is 19.3 Å². The molecule has 0 N–H and O–H groups in total. The van der Waals surface area contributed by atoms with Crippen LogP contribution in [0.5, 0.6) is 0 Å². The van der Waals surface area contributed by atoms with Crippen molar-refractivity contribution >= 4 is 17.9 Å². The molecule has 0 saturated heterocycles. The number of unbranched alkanes of at least 4 members (excludes halogenated alkanes) is 30. The predicted octanol–water partition coefficient (Wildman–Crippen LogP) is 16.9. The first-order valence-electron chi connectivity index (χ1n) is 26.0. The minimum absolute atomic E-state index is 0.0725. The maximum atomic E-state index is 12.8. The fraction of sp³-hybridized carbons (Fsp3) is 0.833. The summed E-state index contributed by atoms with van der Waals surface area (Å²) >= 11 is 0. The second-order valence-corrected chi connectivity index (χ2v) is 17.4. The highest BCUT2D eigenvalue weighted by molar-refractivity contribution is 5.71. The van der Waals surface area contributed by atoms with Crippen molar-refractivity contribution in [2.24, 2.45) is 0 Å². The molecule has 0 unspecified atom stereocenters. The summed E-state index contributed by atoms with van der Waals surface area (Å²) in [6.45, 7) is 6.60. The van der Waals surface area contributed by atoms with Gasteiger partial charge in [0.25, 0.3) is 0 Å². The molecule has 0 fully saturated rings. The van der Waals surface area contributed by atoms with Gasteiger partial charge in [0.05, 0.1) is 0 Å². The Hall–Kier alpha value is -2.37. The third kappa shape index (κ3) is 46.7. The van der Waals surface area contributed by atoms with E-state index in [2.05, 4.69) is 57.2 Å². The van der Waals surface area contributed by atoms with Crippen molar-refractivity contribution in [1.82, 2.24) is 0 Å². The summed E-state index contributed by atoms with van der Waals surface area (Å²) < 4.78 is 16.8. The zero-order valence-corrected chi connectivity index (χ0v) is 40.0. The molecule has 0 aromatic rings. The zero-order valence-electron chi connectivity index (χ0n) is 40.0. The van der Waals surface area contributed by atoms with Gasteiger partial charge in [-0.05, 0) is 57.8 Å². The maximum Gasteiger partial charge on any atom is 0.306 e. The maximum absolute atomic E-state index is 12.8. The largest absolute Gasteiger partial charge is 0.462 e. The third-order valence-corrected chi connectivity index (χ3v) is 11.4. The van der Waals surface area contributed by atoms with Crippen LogP contribution in [-0.4, -0.2) is 37.2 Å². The molecule has 0 aromatic carbocycles. The molecule has 0 radical (unpaired) electrons. The summed E-state index contributed by atoms with van der Waals surface area (Å²) in [5, 5.41) is 0. The molecular weight excluding hydrogens is 745 g/mol. The fourth-order valence-electron chi connectivity index (χ4n) is 7.45. The Bertz CT molecular complexity index is 1020. The number of hydrogen-bond acceptors (Lipinski definition) is 6. The summed E-state index contributed by atoms with van der Waals surface area (Å²) in [6, 6.07) is 0. The van der Waals surface area contributed by atoms with E-state index < -0.39 is 6.10 Å². The monoisotopic (exact) mass is 843 g/mol. The summed E-state index contributed by atoms with van der Waals surface area (Å²) in [7, 11) is 0. The van der Waals surface area contributed by atoms with Gasteiger partial charge in [-0.25, -0.2) is 0 Å². The Labute approximate surface area is 372 Å². The summed E-state index contributed by atoms with van der Waals surface area (Å²) in [6.07, 6.45) is 56.9. The standard InChI is InChI=1S/C54H98O6/c1-4-7-10-13-16-19-22-24-25-26-27-28-29-31-32-35-38-41-44-47-53(56)59-50-51(49-58-52(55)46-43-40-37-34-21-18-15-12-9-6-3)60-54(57)48-45-42-39-36-33-30-23-20-17-14-11-8-5-2/h16,19,24-25,27-28,51H,4-15,17-18,20-23,26,29-50H2,1-3H3/b19-16-,25-24-,28-27-/t51-/m1/s1. The number of hydrogen-bond donors (Lipinski definition) is 0. The number of carbonyl (C=O) groups excluding carboxylic acids is 3. The van der Waals surface area contributed by atoms with E-state index >= 15 is 0 Å². The average Bonchev–Trinajstić information content (AvgIpc) is 3.24. The van der Waals surface area contributed by atoms with E-state index in [-0.39, 0.29) is 31.1 Å². The van der Waals surface area contributed by atoms with Gasteiger partial charge in [0.1, 0.15) is 13.2 Å². The van der Waals surface area contributed by atoms with Crippen molar-refractivity contribution in [2.75, 3.05) is 13.2 Å². The van der Waals surface area contributed by atoms with Gasteiger partial charge in [-0.15, -0.1) is 0 Å². The minimum Gasteiger partial charge on any atom is -0.462 e. The second kappa shape index (κ2) is 49.3. The van der Waals surface area contributed by atoms with Gasteiger partial charge in [-0.3, -0.25) is 14.4 Å². The lowest BCUT2D eigenvalue weighted by atomic mass is 10.0. The van der Waals surface area contributed by atoms with Crippen molar-refractivity contribution in [3.63, 3.8) is 0 Å². The molecule has 0 aromatic heterocycles. The highest BCUT2D eigenvalue weighted by Crippen LogP contribution is 2.15. The van der Waals surface area contributed by atoms with Gasteiger partial charge in [0, 0.05) is 19.3 Å². The van der Waals surface area contributed by atoms with Crippen LogP contribution in [0.4, 0.5) is 0 Å².